The van der Waals surface area contributed by atoms with E-state index in [1.54, 1.807) is 0 Å². The van der Waals surface area contributed by atoms with Crippen LogP contribution in [0.5, 0.6) is 0 Å². The first kappa shape index (κ1) is 31.9. The molecule has 0 saturated carbocycles. The fraction of sp³-hybridized carbons (Fsp3) is 0. The highest BCUT2D eigenvalue weighted by atomic mass is 15.1. The average Bonchev–Trinajstić information content (AvgIpc) is 3.52. The second kappa shape index (κ2) is 14.6. The molecule has 0 fully saturated rings. The molecule has 240 valence electrons. The third-order valence-corrected chi connectivity index (χ3v) is 8.93. The third-order valence-electron chi connectivity index (χ3n) is 8.93. The number of benzene rings is 6. The summed E-state index contributed by atoms with van der Waals surface area (Å²) in [6, 6.07) is 54.9. The molecule has 0 amide bonds. The summed E-state index contributed by atoms with van der Waals surface area (Å²) < 4.78 is 2.33. The van der Waals surface area contributed by atoms with Gasteiger partial charge in [0.1, 0.15) is 0 Å². The van der Waals surface area contributed by atoms with Crippen LogP contribution in [0.3, 0.4) is 0 Å². The van der Waals surface area contributed by atoms with E-state index in [1.807, 2.05) is 54.8 Å². The number of anilines is 1. The van der Waals surface area contributed by atoms with E-state index in [1.165, 1.54) is 27.4 Å². The van der Waals surface area contributed by atoms with Crippen molar-refractivity contribution in [3.63, 3.8) is 0 Å². The van der Waals surface area contributed by atoms with Crippen LogP contribution in [0.25, 0.3) is 49.8 Å². The Bertz CT molecular complexity index is 2390. The predicted octanol–water partition coefficient (Wildman–Crippen LogP) is 12.8. The third kappa shape index (κ3) is 6.69. The van der Waals surface area contributed by atoms with Gasteiger partial charge in [-0.05, 0) is 88.0 Å². The largest absolute Gasteiger partial charge is 0.318 e. The maximum Gasteiger partial charge on any atom is 0.0541 e. The van der Waals surface area contributed by atoms with Crippen molar-refractivity contribution in [1.29, 1.82) is 0 Å². The van der Waals surface area contributed by atoms with Crippen LogP contribution in [0.1, 0.15) is 11.1 Å². The highest BCUT2D eigenvalue weighted by Gasteiger charge is 2.13. The number of nitrogens with zero attached hydrogens (tertiary/aromatic N) is 2. The van der Waals surface area contributed by atoms with Gasteiger partial charge in [-0.1, -0.05) is 153 Å². The molecule has 0 aliphatic rings. The van der Waals surface area contributed by atoms with Crippen LogP contribution in [0.4, 0.5) is 5.69 Å². The summed E-state index contributed by atoms with van der Waals surface area (Å²) in [6.07, 6.45) is 12.1. The fourth-order valence-corrected chi connectivity index (χ4v) is 6.34. The molecule has 0 saturated heterocycles. The second-order valence-corrected chi connectivity index (χ2v) is 12.1. The smallest absolute Gasteiger partial charge is 0.0541 e. The van der Waals surface area contributed by atoms with E-state index >= 15 is 0 Å². The van der Waals surface area contributed by atoms with Crippen LogP contribution in [0.2, 0.25) is 0 Å². The van der Waals surface area contributed by atoms with Crippen molar-refractivity contribution in [3.8, 4) is 16.8 Å². The van der Waals surface area contributed by atoms with Crippen LogP contribution in [-0.2, 0) is 0 Å². The number of hydrogen-bond acceptors (Lipinski definition) is 1. The molecule has 0 spiro atoms. The van der Waals surface area contributed by atoms with E-state index in [-0.39, 0.29) is 0 Å². The molecule has 0 aliphatic carbocycles. The summed E-state index contributed by atoms with van der Waals surface area (Å²) in [5.41, 5.74) is 11.8. The van der Waals surface area contributed by atoms with Gasteiger partial charge in [0.2, 0.25) is 0 Å². The SMILES string of the molecule is C=C/C(=C\C=C\N(C(=C)/C=C\C(=C)c1ccc2c(c1)c1ccccc1n2-c1ccccc1)c1ccc(-c2ccccc2)cc1)c1ccccc1. The van der Waals surface area contributed by atoms with Gasteiger partial charge in [-0.3, -0.25) is 0 Å². The molecule has 6 aromatic carbocycles. The zero-order valence-corrected chi connectivity index (χ0v) is 28.0. The summed E-state index contributed by atoms with van der Waals surface area (Å²) in [6.45, 7) is 13.0. The predicted molar refractivity (Wildman–Crippen MR) is 216 cm³/mol. The van der Waals surface area contributed by atoms with Gasteiger partial charge < -0.3 is 9.47 Å². The first-order chi connectivity index (χ1) is 24.6. The molecule has 2 heteroatoms. The molecule has 7 rings (SSSR count). The molecule has 7 aromatic rings. The zero-order valence-electron chi connectivity index (χ0n) is 28.0. The topological polar surface area (TPSA) is 8.17 Å². The molecule has 0 unspecified atom stereocenters. The molecule has 0 aliphatic heterocycles. The van der Waals surface area contributed by atoms with E-state index in [9.17, 15) is 0 Å². The molecule has 0 radical (unpaired) electrons. The Morgan fingerprint density at radius 3 is 1.90 bits per heavy atom. The van der Waals surface area contributed by atoms with Crippen LogP contribution < -0.4 is 4.90 Å². The molecule has 50 heavy (non-hydrogen) atoms. The summed E-state index contributed by atoms with van der Waals surface area (Å²) in [5.74, 6) is 0. The molecule has 1 aromatic heterocycles. The van der Waals surface area contributed by atoms with Gasteiger partial charge in [-0.15, -0.1) is 0 Å². The van der Waals surface area contributed by atoms with Gasteiger partial charge in [0.25, 0.3) is 0 Å². The number of para-hydroxylation sites is 2. The quantitative estimate of drug-likeness (QED) is 0.127. The number of fused-ring (bicyclic) bond motifs is 3. The van der Waals surface area contributed by atoms with Crippen molar-refractivity contribution in [1.82, 2.24) is 4.57 Å². The average molecular weight is 643 g/mol. The van der Waals surface area contributed by atoms with E-state index < -0.39 is 0 Å². The van der Waals surface area contributed by atoms with Gasteiger partial charge in [-0.25, -0.2) is 0 Å². The highest BCUT2D eigenvalue weighted by Crippen LogP contribution is 2.34. The Hall–Kier alpha value is -6.64. The van der Waals surface area contributed by atoms with Crippen LogP contribution >= 0.6 is 0 Å². The van der Waals surface area contributed by atoms with Crippen LogP contribution in [-0.4, -0.2) is 4.57 Å². The summed E-state index contributed by atoms with van der Waals surface area (Å²) in [4.78, 5) is 2.09. The first-order valence-electron chi connectivity index (χ1n) is 16.8. The summed E-state index contributed by atoms with van der Waals surface area (Å²) >= 11 is 0. The number of hydrogen-bond donors (Lipinski definition) is 0. The maximum absolute atomic E-state index is 4.48. The van der Waals surface area contributed by atoms with Crippen LogP contribution in [0, 0.1) is 0 Å². The number of allylic oxidation sites excluding steroid dienone is 7. The van der Waals surface area contributed by atoms with E-state index in [2.05, 4.69) is 169 Å². The van der Waals surface area contributed by atoms with E-state index in [4.69, 9.17) is 0 Å². The first-order valence-corrected chi connectivity index (χ1v) is 16.8. The molecule has 0 atom stereocenters. The van der Waals surface area contributed by atoms with Crippen molar-refractivity contribution >= 4 is 38.6 Å². The minimum absolute atomic E-state index is 0.810. The van der Waals surface area contributed by atoms with Crippen molar-refractivity contribution in [2.24, 2.45) is 0 Å². The van der Waals surface area contributed by atoms with E-state index in [0.29, 0.717) is 0 Å². The number of rotatable bonds is 11. The van der Waals surface area contributed by atoms with Gasteiger partial charge >= 0.3 is 0 Å². The Morgan fingerprint density at radius 1 is 0.560 bits per heavy atom. The van der Waals surface area contributed by atoms with Crippen molar-refractivity contribution < 1.29 is 0 Å². The Balaban J connectivity index is 1.19. The molecule has 0 bridgehead atoms. The highest BCUT2D eigenvalue weighted by molar-refractivity contribution is 6.10. The zero-order chi connectivity index (χ0) is 34.3. The lowest BCUT2D eigenvalue weighted by Gasteiger charge is -2.21. The minimum atomic E-state index is 0.810. The van der Waals surface area contributed by atoms with E-state index in [0.717, 1.165) is 44.9 Å². The maximum atomic E-state index is 4.48. The van der Waals surface area contributed by atoms with Crippen LogP contribution in [0.15, 0.2) is 220 Å². The van der Waals surface area contributed by atoms with Gasteiger partial charge in [-0.2, -0.15) is 0 Å². The Labute approximate surface area is 294 Å². The van der Waals surface area contributed by atoms with Crippen molar-refractivity contribution in [2.45, 2.75) is 0 Å². The normalized spacial score (nSPS) is 11.8. The molecule has 1 heterocycles. The lowest BCUT2D eigenvalue weighted by Crippen LogP contribution is -2.12. The van der Waals surface area contributed by atoms with Crippen molar-refractivity contribution in [2.75, 3.05) is 4.90 Å². The lowest BCUT2D eigenvalue weighted by molar-refractivity contribution is 1.18. The van der Waals surface area contributed by atoms with Crippen molar-refractivity contribution in [3.05, 3.63) is 231 Å². The fourth-order valence-electron chi connectivity index (χ4n) is 6.34. The summed E-state index contributed by atoms with van der Waals surface area (Å²) in [7, 11) is 0. The Kier molecular flexibility index (Phi) is 9.35. The second-order valence-electron chi connectivity index (χ2n) is 12.1. The summed E-state index contributed by atoms with van der Waals surface area (Å²) in [5, 5.41) is 2.41. The molecular weight excluding hydrogens is 605 g/mol. The van der Waals surface area contributed by atoms with Gasteiger partial charge in [0, 0.05) is 34.0 Å². The lowest BCUT2D eigenvalue weighted by atomic mass is 10.0. The molecule has 2 nitrogen and oxygen atoms in total. The minimum Gasteiger partial charge on any atom is -0.318 e. The van der Waals surface area contributed by atoms with Gasteiger partial charge in [0.15, 0.2) is 0 Å². The number of aromatic nitrogens is 1. The molecule has 0 N–H and O–H groups in total. The monoisotopic (exact) mass is 642 g/mol. The standard InChI is InChI=1S/C48H38N2/c1-4-38(39-17-8-5-9-18-39)21-16-34-49(43-31-28-41(29-32-43)40-19-10-6-11-20-40)37(3)27-26-36(2)42-30-33-48-46(35-42)45-24-14-15-25-47(45)50(48)44-22-12-7-13-23-44/h4-35H,1-3H2/b27-26-,34-16+,38-21+. The van der Waals surface area contributed by atoms with Gasteiger partial charge in [0.05, 0.1) is 11.0 Å². The molecular formula is C48H38N2. The Morgan fingerprint density at radius 2 is 1.18 bits per heavy atom.